The standard InChI is InChI=1S/C11H9BrClF3N2O2/c1-5(13)9(19)18-10(20)17-8-4-6(11(14,15)16)2-3-7(8)12/h2-5H,1H3,(H2,17,18,19,20). The number of anilines is 1. The van der Waals surface area contributed by atoms with E-state index >= 15 is 0 Å². The number of benzene rings is 1. The molecule has 0 bridgehead atoms. The van der Waals surface area contributed by atoms with E-state index in [4.69, 9.17) is 11.6 Å². The van der Waals surface area contributed by atoms with Crippen LogP contribution in [-0.2, 0) is 11.0 Å². The van der Waals surface area contributed by atoms with Crippen molar-refractivity contribution in [3.05, 3.63) is 28.2 Å². The van der Waals surface area contributed by atoms with Crippen molar-refractivity contribution in [2.24, 2.45) is 0 Å². The van der Waals surface area contributed by atoms with Crippen molar-refractivity contribution in [1.82, 2.24) is 5.32 Å². The molecular weight excluding hydrogens is 364 g/mol. The molecule has 20 heavy (non-hydrogen) atoms. The van der Waals surface area contributed by atoms with E-state index in [1.165, 1.54) is 6.92 Å². The van der Waals surface area contributed by atoms with Crippen LogP contribution >= 0.6 is 27.5 Å². The van der Waals surface area contributed by atoms with Gasteiger partial charge in [0.05, 0.1) is 11.3 Å². The van der Waals surface area contributed by atoms with Gasteiger partial charge in [-0.15, -0.1) is 11.6 Å². The van der Waals surface area contributed by atoms with Gasteiger partial charge in [0.25, 0.3) is 0 Å². The fraction of sp³-hybridized carbons (Fsp3) is 0.273. The van der Waals surface area contributed by atoms with E-state index in [0.717, 1.165) is 18.2 Å². The van der Waals surface area contributed by atoms with E-state index in [1.54, 1.807) is 0 Å². The van der Waals surface area contributed by atoms with Gasteiger partial charge in [-0.25, -0.2) is 4.79 Å². The summed E-state index contributed by atoms with van der Waals surface area (Å²) in [6, 6.07) is 1.78. The molecule has 0 radical (unpaired) electrons. The van der Waals surface area contributed by atoms with Crippen LogP contribution in [0.4, 0.5) is 23.7 Å². The van der Waals surface area contributed by atoms with Crippen LogP contribution in [-0.4, -0.2) is 17.3 Å². The molecule has 1 rings (SSSR count). The topological polar surface area (TPSA) is 58.2 Å². The van der Waals surface area contributed by atoms with Crippen LogP contribution in [0, 0.1) is 0 Å². The van der Waals surface area contributed by atoms with Gasteiger partial charge in [-0.2, -0.15) is 13.2 Å². The van der Waals surface area contributed by atoms with Gasteiger partial charge in [0, 0.05) is 4.47 Å². The number of halogens is 5. The maximum atomic E-state index is 12.5. The number of urea groups is 1. The summed E-state index contributed by atoms with van der Waals surface area (Å²) in [5.41, 5.74) is -1.04. The average Bonchev–Trinajstić information content (AvgIpc) is 2.30. The molecule has 0 spiro atoms. The zero-order valence-corrected chi connectivity index (χ0v) is 12.4. The summed E-state index contributed by atoms with van der Waals surface area (Å²) in [5, 5.41) is 3.08. The van der Waals surface area contributed by atoms with E-state index in [9.17, 15) is 22.8 Å². The summed E-state index contributed by atoms with van der Waals surface area (Å²) in [6.07, 6.45) is -4.53. The van der Waals surface area contributed by atoms with Crippen molar-refractivity contribution in [3.8, 4) is 0 Å². The molecule has 0 saturated carbocycles. The Morgan fingerprint density at radius 1 is 1.35 bits per heavy atom. The molecule has 0 aliphatic carbocycles. The van der Waals surface area contributed by atoms with Crippen molar-refractivity contribution in [2.45, 2.75) is 18.5 Å². The summed E-state index contributed by atoms with van der Waals surface area (Å²) in [5.74, 6) is -0.757. The molecular formula is C11H9BrClF3N2O2. The smallest absolute Gasteiger partial charge is 0.307 e. The molecule has 1 aromatic carbocycles. The van der Waals surface area contributed by atoms with Gasteiger partial charge >= 0.3 is 12.2 Å². The third kappa shape index (κ3) is 4.68. The van der Waals surface area contributed by atoms with Crippen LogP contribution in [0.1, 0.15) is 12.5 Å². The van der Waals surface area contributed by atoms with E-state index < -0.39 is 29.1 Å². The number of carbonyl (C=O) groups is 2. The highest BCUT2D eigenvalue weighted by Gasteiger charge is 2.31. The fourth-order valence-corrected chi connectivity index (χ4v) is 1.56. The highest BCUT2D eigenvalue weighted by molar-refractivity contribution is 9.10. The lowest BCUT2D eigenvalue weighted by molar-refractivity contribution is -0.137. The Bertz CT molecular complexity index is 535. The molecule has 3 amide bonds. The lowest BCUT2D eigenvalue weighted by Gasteiger charge is -2.12. The molecule has 1 aromatic rings. The van der Waals surface area contributed by atoms with Crippen LogP contribution in [0.3, 0.4) is 0 Å². The molecule has 1 unspecified atom stereocenters. The van der Waals surface area contributed by atoms with Gasteiger partial charge in [0.1, 0.15) is 5.38 Å². The molecule has 0 fully saturated rings. The number of amides is 3. The van der Waals surface area contributed by atoms with Crippen LogP contribution in [0.15, 0.2) is 22.7 Å². The van der Waals surface area contributed by atoms with Gasteiger partial charge in [-0.1, -0.05) is 0 Å². The lowest BCUT2D eigenvalue weighted by Crippen LogP contribution is -2.38. The normalized spacial score (nSPS) is 12.7. The Balaban J connectivity index is 2.87. The molecule has 0 aliphatic heterocycles. The molecule has 110 valence electrons. The molecule has 4 nitrogen and oxygen atoms in total. The van der Waals surface area contributed by atoms with Crippen LogP contribution in [0.2, 0.25) is 0 Å². The second-order valence-corrected chi connectivity index (χ2v) is 5.26. The summed E-state index contributed by atoms with van der Waals surface area (Å²) in [4.78, 5) is 22.6. The minimum Gasteiger partial charge on any atom is -0.307 e. The summed E-state index contributed by atoms with van der Waals surface area (Å²) < 4.78 is 37.9. The minimum atomic E-state index is -4.53. The Labute approximate surface area is 125 Å². The third-order valence-corrected chi connectivity index (χ3v) is 3.03. The first-order valence-corrected chi connectivity index (χ1v) is 6.47. The number of nitrogens with one attached hydrogen (secondary N) is 2. The average molecular weight is 374 g/mol. The Morgan fingerprint density at radius 2 is 1.95 bits per heavy atom. The number of hydrogen-bond acceptors (Lipinski definition) is 2. The van der Waals surface area contributed by atoms with Gasteiger partial charge in [0.2, 0.25) is 5.91 Å². The third-order valence-electron chi connectivity index (χ3n) is 2.14. The second kappa shape index (κ2) is 6.45. The van der Waals surface area contributed by atoms with Crippen molar-refractivity contribution in [1.29, 1.82) is 0 Å². The zero-order valence-electron chi connectivity index (χ0n) is 10.0. The highest BCUT2D eigenvalue weighted by atomic mass is 79.9. The van der Waals surface area contributed by atoms with Gasteiger partial charge < -0.3 is 5.32 Å². The van der Waals surface area contributed by atoms with E-state index in [1.807, 2.05) is 5.32 Å². The van der Waals surface area contributed by atoms with Gasteiger partial charge in [0.15, 0.2) is 0 Å². The monoisotopic (exact) mass is 372 g/mol. The second-order valence-electron chi connectivity index (χ2n) is 3.75. The predicted molar refractivity (Wildman–Crippen MR) is 71.6 cm³/mol. The van der Waals surface area contributed by atoms with Crippen molar-refractivity contribution in [2.75, 3.05) is 5.32 Å². The Morgan fingerprint density at radius 3 is 2.45 bits per heavy atom. The number of carbonyl (C=O) groups excluding carboxylic acids is 2. The van der Waals surface area contributed by atoms with Crippen LogP contribution < -0.4 is 10.6 Å². The van der Waals surface area contributed by atoms with Crippen LogP contribution in [0.25, 0.3) is 0 Å². The molecule has 0 aromatic heterocycles. The largest absolute Gasteiger partial charge is 0.416 e. The fourth-order valence-electron chi connectivity index (χ4n) is 1.16. The molecule has 9 heteroatoms. The molecule has 2 N–H and O–H groups in total. The molecule has 1 atom stereocenters. The maximum absolute atomic E-state index is 12.5. The minimum absolute atomic E-state index is 0.118. The van der Waals surface area contributed by atoms with E-state index in [-0.39, 0.29) is 10.2 Å². The first kappa shape index (κ1) is 16.8. The van der Waals surface area contributed by atoms with Crippen molar-refractivity contribution < 1.29 is 22.8 Å². The Hall–Kier alpha value is -1.28. The van der Waals surface area contributed by atoms with E-state index in [0.29, 0.717) is 0 Å². The predicted octanol–water partition coefficient (Wildman–Crippen LogP) is 3.74. The summed E-state index contributed by atoms with van der Waals surface area (Å²) in [6.45, 7) is 1.35. The maximum Gasteiger partial charge on any atom is 0.416 e. The lowest BCUT2D eigenvalue weighted by atomic mass is 10.2. The number of alkyl halides is 4. The highest BCUT2D eigenvalue weighted by Crippen LogP contribution is 2.33. The summed E-state index contributed by atoms with van der Waals surface area (Å²) >= 11 is 8.44. The van der Waals surface area contributed by atoms with Crippen molar-refractivity contribution in [3.63, 3.8) is 0 Å². The quantitative estimate of drug-likeness (QED) is 0.776. The first-order valence-electron chi connectivity index (χ1n) is 5.24. The van der Waals surface area contributed by atoms with Crippen LogP contribution in [0.5, 0.6) is 0 Å². The van der Waals surface area contributed by atoms with Crippen molar-refractivity contribution >= 4 is 45.2 Å². The SMILES string of the molecule is CC(Cl)C(=O)NC(=O)Nc1cc(C(F)(F)F)ccc1Br. The number of hydrogen-bond donors (Lipinski definition) is 2. The van der Waals surface area contributed by atoms with E-state index in [2.05, 4.69) is 21.2 Å². The molecule has 0 aliphatic rings. The van der Waals surface area contributed by atoms with Gasteiger partial charge in [-0.3, -0.25) is 10.1 Å². The number of imide groups is 1. The molecule has 0 saturated heterocycles. The Kier molecular flexibility index (Phi) is 5.41. The number of rotatable bonds is 2. The summed E-state index contributed by atoms with van der Waals surface area (Å²) in [7, 11) is 0. The molecule has 0 heterocycles. The van der Waals surface area contributed by atoms with Gasteiger partial charge in [-0.05, 0) is 41.1 Å². The zero-order chi connectivity index (χ0) is 15.5. The first-order chi connectivity index (χ1) is 9.11.